The first-order valence-electron chi connectivity index (χ1n) is 13.9. The van der Waals surface area contributed by atoms with Gasteiger partial charge in [-0.1, -0.05) is 24.3 Å². The van der Waals surface area contributed by atoms with Crippen LogP contribution in [-0.2, 0) is 0 Å². The van der Waals surface area contributed by atoms with Crippen LogP contribution in [0.15, 0.2) is 58.1 Å². The van der Waals surface area contributed by atoms with Gasteiger partial charge in [-0.15, -0.1) is 0 Å². The Balaban J connectivity index is 1.70. The Labute approximate surface area is 230 Å². The molecule has 0 aliphatic carbocycles. The second kappa shape index (κ2) is 7.19. The van der Waals surface area contributed by atoms with E-state index in [0.29, 0.717) is 16.5 Å². The van der Waals surface area contributed by atoms with Crippen molar-refractivity contribution in [2.24, 2.45) is 0 Å². The van der Waals surface area contributed by atoms with Crippen molar-refractivity contribution < 1.29 is 4.74 Å². The van der Waals surface area contributed by atoms with Crippen molar-refractivity contribution in [3.8, 4) is 11.4 Å². The van der Waals surface area contributed by atoms with Gasteiger partial charge in [0.25, 0.3) is 11.1 Å². The molecule has 1 heterocycles. The third-order valence-electron chi connectivity index (χ3n) is 8.89. The minimum Gasteiger partial charge on any atom is -0.487 e. The van der Waals surface area contributed by atoms with Crippen molar-refractivity contribution in [3.63, 3.8) is 0 Å². The topological polar surface area (TPSA) is 48.3 Å². The number of ether oxygens (including phenoxy) is 1. The summed E-state index contributed by atoms with van der Waals surface area (Å²) in [7, 11) is 0. The average molecular weight is 524 g/mol. The molecule has 8 rings (SSSR count). The predicted molar refractivity (Wildman–Crippen MR) is 167 cm³/mol. The molecule has 196 valence electrons. The molecule has 0 spiro atoms. The highest BCUT2D eigenvalue weighted by atomic mass is 16.5. The number of aryl methyl sites for hydroxylation is 4. The lowest BCUT2D eigenvalue weighted by molar-refractivity contribution is 0.133. The van der Waals surface area contributed by atoms with Crippen LogP contribution in [0.25, 0.3) is 70.3 Å². The second-order valence-electron chi connectivity index (χ2n) is 12.6. The SMILES string of the molecule is Cc1cc(C)c(-n2c(=O)c3c4cc(C)c5ccc6ccc7c(OC(C)(C)C)cc(c3c2=O)c2c7c6c5c42)cc1C. The Morgan fingerprint density at radius 1 is 0.550 bits per heavy atom. The van der Waals surface area contributed by atoms with Gasteiger partial charge in [-0.2, -0.15) is 0 Å². The molecule has 0 N–H and O–H groups in total. The zero-order valence-electron chi connectivity index (χ0n) is 23.8. The molecule has 1 aromatic heterocycles. The van der Waals surface area contributed by atoms with E-state index in [9.17, 15) is 9.59 Å². The fraction of sp³-hybridized carbons (Fsp3) is 0.222. The average Bonchev–Trinajstić information content (AvgIpc) is 3.37. The molecule has 0 saturated heterocycles. The zero-order valence-corrected chi connectivity index (χ0v) is 23.8. The molecule has 0 atom stereocenters. The van der Waals surface area contributed by atoms with E-state index in [-0.39, 0.29) is 11.1 Å². The lowest BCUT2D eigenvalue weighted by Crippen LogP contribution is -2.24. The summed E-state index contributed by atoms with van der Waals surface area (Å²) in [6.07, 6.45) is 0. The van der Waals surface area contributed by atoms with E-state index in [1.807, 2.05) is 46.8 Å². The monoisotopic (exact) mass is 523 g/mol. The number of aromatic nitrogens is 1. The summed E-state index contributed by atoms with van der Waals surface area (Å²) < 4.78 is 7.94. The van der Waals surface area contributed by atoms with Crippen LogP contribution in [0.1, 0.15) is 43.0 Å². The Bertz CT molecular complexity index is 2460. The van der Waals surface area contributed by atoms with Crippen LogP contribution in [0.2, 0.25) is 0 Å². The normalized spacial score (nSPS) is 13.1. The Morgan fingerprint density at radius 2 is 1.10 bits per heavy atom. The molecule has 0 amide bonds. The van der Waals surface area contributed by atoms with Crippen molar-refractivity contribution in [2.45, 2.75) is 54.1 Å². The molecule has 0 aliphatic rings. The van der Waals surface area contributed by atoms with Crippen molar-refractivity contribution >= 4 is 64.6 Å². The zero-order chi connectivity index (χ0) is 28.0. The number of hydrogen-bond acceptors (Lipinski definition) is 3. The number of fused-ring (bicyclic) bond motifs is 3. The van der Waals surface area contributed by atoms with E-state index in [1.54, 1.807) is 0 Å². The fourth-order valence-electron chi connectivity index (χ4n) is 7.15. The van der Waals surface area contributed by atoms with E-state index < -0.39 is 5.60 Å². The smallest absolute Gasteiger partial charge is 0.266 e. The largest absolute Gasteiger partial charge is 0.487 e. The van der Waals surface area contributed by atoms with Gasteiger partial charge in [0.15, 0.2) is 0 Å². The van der Waals surface area contributed by atoms with Crippen molar-refractivity contribution in [1.29, 1.82) is 0 Å². The quantitative estimate of drug-likeness (QED) is 0.214. The molecule has 40 heavy (non-hydrogen) atoms. The summed E-state index contributed by atoms with van der Waals surface area (Å²) in [4.78, 5) is 28.8. The summed E-state index contributed by atoms with van der Waals surface area (Å²) in [6, 6.07) is 16.8. The maximum Gasteiger partial charge on any atom is 0.266 e. The minimum atomic E-state index is -0.436. The first-order valence-corrected chi connectivity index (χ1v) is 13.9. The maximum absolute atomic E-state index is 14.4. The number of hydrogen-bond donors (Lipinski definition) is 0. The molecule has 0 fully saturated rings. The van der Waals surface area contributed by atoms with Crippen LogP contribution >= 0.6 is 0 Å². The predicted octanol–water partition coefficient (Wildman–Crippen LogP) is 8.28. The summed E-state index contributed by atoms with van der Waals surface area (Å²) in [6.45, 7) is 14.2. The van der Waals surface area contributed by atoms with E-state index >= 15 is 0 Å². The van der Waals surface area contributed by atoms with Crippen molar-refractivity contribution in [1.82, 2.24) is 4.57 Å². The Kier molecular flexibility index (Phi) is 4.22. The van der Waals surface area contributed by atoms with Gasteiger partial charge in [0, 0.05) is 16.2 Å². The van der Waals surface area contributed by atoms with E-state index in [2.05, 4.69) is 50.2 Å². The molecule has 0 radical (unpaired) electrons. The van der Waals surface area contributed by atoms with Gasteiger partial charge >= 0.3 is 0 Å². The number of benzene rings is 6. The van der Waals surface area contributed by atoms with Crippen LogP contribution in [0.3, 0.4) is 0 Å². The van der Waals surface area contributed by atoms with E-state index in [0.717, 1.165) is 65.7 Å². The molecule has 4 nitrogen and oxygen atoms in total. The molecule has 4 heteroatoms. The van der Waals surface area contributed by atoms with Gasteiger partial charge in [-0.3, -0.25) is 9.59 Å². The highest BCUT2D eigenvalue weighted by molar-refractivity contribution is 6.48. The van der Waals surface area contributed by atoms with Gasteiger partial charge in [0.1, 0.15) is 11.4 Å². The molecule has 0 bridgehead atoms. The van der Waals surface area contributed by atoms with Crippen LogP contribution in [0.5, 0.6) is 5.75 Å². The molecule has 0 aliphatic heterocycles. The maximum atomic E-state index is 14.4. The summed E-state index contributed by atoms with van der Waals surface area (Å²) >= 11 is 0. The van der Waals surface area contributed by atoms with Gasteiger partial charge < -0.3 is 4.74 Å². The Hall–Kier alpha value is -4.44. The summed E-state index contributed by atoms with van der Waals surface area (Å²) in [5, 5.41) is 11.6. The lowest BCUT2D eigenvalue weighted by Gasteiger charge is -2.23. The third kappa shape index (κ3) is 2.71. The third-order valence-corrected chi connectivity index (χ3v) is 8.89. The van der Waals surface area contributed by atoms with Crippen LogP contribution in [0, 0.1) is 27.7 Å². The fourth-order valence-corrected chi connectivity index (χ4v) is 7.15. The lowest BCUT2D eigenvalue weighted by atomic mass is 9.93. The number of rotatable bonds is 2. The highest BCUT2D eigenvalue weighted by Gasteiger charge is 2.30. The summed E-state index contributed by atoms with van der Waals surface area (Å²) in [5.41, 5.74) is 3.89. The first kappa shape index (κ1) is 23.4. The molecule has 8 aromatic rings. The molecule has 0 saturated carbocycles. The van der Waals surface area contributed by atoms with Gasteiger partial charge in [-0.05, 0) is 133 Å². The minimum absolute atomic E-state index is 0.256. The van der Waals surface area contributed by atoms with Gasteiger partial charge in [0.05, 0.1) is 16.5 Å². The second-order valence-corrected chi connectivity index (χ2v) is 12.6. The van der Waals surface area contributed by atoms with E-state index in [1.165, 1.54) is 20.7 Å². The number of nitrogens with zero attached hydrogens (tertiary/aromatic N) is 1. The molecular weight excluding hydrogens is 494 g/mol. The van der Waals surface area contributed by atoms with Gasteiger partial charge in [-0.25, -0.2) is 4.57 Å². The molecular formula is C36H29NO3. The van der Waals surface area contributed by atoms with E-state index in [4.69, 9.17) is 4.74 Å². The van der Waals surface area contributed by atoms with Gasteiger partial charge in [0.2, 0.25) is 0 Å². The highest BCUT2D eigenvalue weighted by Crippen LogP contribution is 2.52. The summed E-state index contributed by atoms with van der Waals surface area (Å²) in [5.74, 6) is 0.737. The van der Waals surface area contributed by atoms with Crippen LogP contribution in [-0.4, -0.2) is 10.2 Å². The molecule has 7 aromatic carbocycles. The first-order chi connectivity index (χ1) is 19.0. The van der Waals surface area contributed by atoms with Crippen molar-refractivity contribution in [3.05, 3.63) is 91.5 Å². The van der Waals surface area contributed by atoms with Crippen molar-refractivity contribution in [2.75, 3.05) is 0 Å². The Morgan fingerprint density at radius 3 is 1.75 bits per heavy atom. The van der Waals surface area contributed by atoms with Crippen LogP contribution < -0.4 is 15.9 Å². The standard InChI is InChI=1S/C36H29NO3/c1-16-12-19(4)25(14-17(16)2)37-34(38)32-23-13-18(3)21-10-8-20-9-11-22-26(40-36(5,6)7)15-24(33(32)35(37)39)31-29(22)27(20)28(21)30(23)31/h8-15H,1-7H3. The molecule has 0 unspecified atom stereocenters. The van der Waals surface area contributed by atoms with Crippen LogP contribution in [0.4, 0.5) is 0 Å².